The minimum absolute atomic E-state index is 0.255. The van der Waals surface area contributed by atoms with Crippen LogP contribution < -0.4 is 0 Å². The summed E-state index contributed by atoms with van der Waals surface area (Å²) in [4.78, 5) is 4.18. The smallest absolute Gasteiger partial charge is 0.124 e. The van der Waals surface area contributed by atoms with E-state index in [-0.39, 0.29) is 12.4 Å². The van der Waals surface area contributed by atoms with Gasteiger partial charge in [-0.15, -0.1) is 11.8 Å². The fourth-order valence-electron chi connectivity index (χ4n) is 1.55. The number of pyridine rings is 1. The van der Waals surface area contributed by atoms with E-state index in [4.69, 9.17) is 16.7 Å². The summed E-state index contributed by atoms with van der Waals surface area (Å²) in [6.45, 7) is -0.255. The monoisotopic (exact) mass is 307 g/mol. The first-order chi connectivity index (χ1) is 9.70. The van der Waals surface area contributed by atoms with Gasteiger partial charge in [-0.3, -0.25) is 0 Å². The molecule has 20 heavy (non-hydrogen) atoms. The van der Waals surface area contributed by atoms with E-state index in [1.165, 1.54) is 23.9 Å². The SMILES string of the molecule is OCC#Cc1cc(F)ccc1CSc1ncccc1Cl. The van der Waals surface area contributed by atoms with Crippen LogP contribution in [0.25, 0.3) is 0 Å². The number of aromatic nitrogens is 1. The first-order valence-corrected chi connectivity index (χ1v) is 7.18. The van der Waals surface area contributed by atoms with Gasteiger partial charge in [0.25, 0.3) is 0 Å². The molecule has 0 aliphatic heterocycles. The molecular weight excluding hydrogens is 297 g/mol. The van der Waals surface area contributed by atoms with Crippen LogP contribution >= 0.6 is 23.4 Å². The molecule has 102 valence electrons. The number of aliphatic hydroxyl groups excluding tert-OH is 1. The highest BCUT2D eigenvalue weighted by molar-refractivity contribution is 7.98. The Morgan fingerprint density at radius 2 is 2.20 bits per heavy atom. The van der Waals surface area contributed by atoms with Crippen molar-refractivity contribution >= 4 is 23.4 Å². The highest BCUT2D eigenvalue weighted by Gasteiger charge is 2.06. The lowest BCUT2D eigenvalue weighted by atomic mass is 10.1. The van der Waals surface area contributed by atoms with Crippen LogP contribution in [0.3, 0.4) is 0 Å². The number of benzene rings is 1. The van der Waals surface area contributed by atoms with Crippen LogP contribution in [0.4, 0.5) is 4.39 Å². The Kier molecular flexibility index (Phi) is 5.42. The first-order valence-electron chi connectivity index (χ1n) is 5.82. The molecule has 0 saturated heterocycles. The Morgan fingerprint density at radius 1 is 1.35 bits per heavy atom. The maximum atomic E-state index is 13.2. The van der Waals surface area contributed by atoms with Gasteiger partial charge in [-0.05, 0) is 29.8 Å². The standard InChI is InChI=1S/C15H11ClFNOS/c16-14-4-1-7-18-15(14)20-10-12-5-6-13(17)9-11(12)3-2-8-19/h1,4-7,9,19H,8,10H2. The Labute approximate surface area is 126 Å². The highest BCUT2D eigenvalue weighted by atomic mass is 35.5. The van der Waals surface area contributed by atoms with Crippen LogP contribution in [-0.2, 0) is 5.75 Å². The summed E-state index contributed by atoms with van der Waals surface area (Å²) >= 11 is 7.49. The quantitative estimate of drug-likeness (QED) is 0.696. The van der Waals surface area contributed by atoms with Crippen molar-refractivity contribution < 1.29 is 9.50 Å². The molecule has 2 nitrogen and oxygen atoms in total. The van der Waals surface area contributed by atoms with Crippen LogP contribution in [-0.4, -0.2) is 16.7 Å². The maximum Gasteiger partial charge on any atom is 0.124 e. The molecule has 0 aliphatic carbocycles. The average molecular weight is 308 g/mol. The van der Waals surface area contributed by atoms with Crippen LogP contribution in [0, 0.1) is 17.7 Å². The minimum Gasteiger partial charge on any atom is -0.384 e. The zero-order valence-electron chi connectivity index (χ0n) is 10.4. The van der Waals surface area contributed by atoms with Crippen molar-refractivity contribution in [3.05, 3.63) is 58.5 Å². The third-order valence-corrected chi connectivity index (χ3v) is 3.93. The second-order valence-corrected chi connectivity index (χ2v) is 5.21. The summed E-state index contributed by atoms with van der Waals surface area (Å²) in [6.07, 6.45) is 1.67. The molecule has 0 amide bonds. The maximum absolute atomic E-state index is 13.2. The van der Waals surface area contributed by atoms with Gasteiger partial charge in [-0.2, -0.15) is 0 Å². The molecule has 2 aromatic rings. The number of rotatable bonds is 3. The number of thioether (sulfide) groups is 1. The molecule has 1 aromatic heterocycles. The molecule has 0 spiro atoms. The van der Waals surface area contributed by atoms with Crippen molar-refractivity contribution in [3.8, 4) is 11.8 Å². The Bertz CT molecular complexity index is 666. The van der Waals surface area contributed by atoms with Crippen LogP contribution in [0.1, 0.15) is 11.1 Å². The molecular formula is C15H11ClFNOS. The summed E-state index contributed by atoms with van der Waals surface area (Å²) in [5.74, 6) is 5.50. The second-order valence-electron chi connectivity index (χ2n) is 3.84. The molecule has 0 radical (unpaired) electrons. The summed E-state index contributed by atoms with van der Waals surface area (Å²) < 4.78 is 13.2. The van der Waals surface area contributed by atoms with E-state index in [9.17, 15) is 4.39 Å². The Morgan fingerprint density at radius 3 is 2.95 bits per heavy atom. The zero-order valence-corrected chi connectivity index (χ0v) is 12.0. The number of halogens is 2. The first kappa shape index (κ1) is 14.9. The van der Waals surface area contributed by atoms with Gasteiger partial charge >= 0.3 is 0 Å². The Hall–Kier alpha value is -1.54. The molecule has 5 heteroatoms. The van der Waals surface area contributed by atoms with Crippen LogP contribution in [0.2, 0.25) is 5.02 Å². The normalized spacial score (nSPS) is 9.95. The lowest BCUT2D eigenvalue weighted by Gasteiger charge is -2.05. The summed E-state index contributed by atoms with van der Waals surface area (Å²) in [7, 11) is 0. The number of aliphatic hydroxyl groups is 1. The van der Waals surface area contributed by atoms with E-state index in [1.54, 1.807) is 24.4 Å². The molecule has 0 saturated carbocycles. The molecule has 0 atom stereocenters. The average Bonchev–Trinajstić information content (AvgIpc) is 2.45. The fraction of sp³-hybridized carbons (Fsp3) is 0.133. The van der Waals surface area contributed by atoms with E-state index < -0.39 is 0 Å². The zero-order chi connectivity index (χ0) is 14.4. The minimum atomic E-state index is -0.350. The van der Waals surface area contributed by atoms with Crippen molar-refractivity contribution in [3.63, 3.8) is 0 Å². The van der Waals surface area contributed by atoms with Gasteiger partial charge in [0.05, 0.1) is 5.02 Å². The summed E-state index contributed by atoms with van der Waals surface area (Å²) in [6, 6.07) is 7.97. The van der Waals surface area contributed by atoms with Crippen molar-refractivity contribution in [1.82, 2.24) is 4.98 Å². The molecule has 2 rings (SSSR count). The van der Waals surface area contributed by atoms with Gasteiger partial charge < -0.3 is 5.11 Å². The molecule has 0 fully saturated rings. The topological polar surface area (TPSA) is 33.1 Å². The van der Waals surface area contributed by atoms with E-state index in [0.717, 1.165) is 10.6 Å². The Balaban J connectivity index is 2.19. The predicted octanol–water partition coefficient (Wildman–Crippen LogP) is 3.51. The molecule has 1 heterocycles. The highest BCUT2D eigenvalue weighted by Crippen LogP contribution is 2.28. The van der Waals surface area contributed by atoms with Gasteiger partial charge in [0.2, 0.25) is 0 Å². The molecule has 1 N–H and O–H groups in total. The van der Waals surface area contributed by atoms with E-state index in [2.05, 4.69) is 16.8 Å². The summed E-state index contributed by atoms with van der Waals surface area (Å²) in [5.41, 5.74) is 1.44. The fourth-order valence-corrected chi connectivity index (χ4v) is 2.72. The van der Waals surface area contributed by atoms with E-state index in [1.807, 2.05) is 0 Å². The second kappa shape index (κ2) is 7.30. The third kappa shape index (κ3) is 3.97. The van der Waals surface area contributed by atoms with Crippen LogP contribution in [0.15, 0.2) is 41.6 Å². The van der Waals surface area contributed by atoms with Gasteiger partial charge in [-0.25, -0.2) is 9.37 Å². The molecule has 1 aromatic carbocycles. The van der Waals surface area contributed by atoms with Gasteiger partial charge in [0.15, 0.2) is 0 Å². The van der Waals surface area contributed by atoms with E-state index in [0.29, 0.717) is 16.3 Å². The molecule has 0 aliphatic rings. The van der Waals surface area contributed by atoms with Gasteiger partial charge in [-0.1, -0.05) is 29.5 Å². The van der Waals surface area contributed by atoms with Gasteiger partial charge in [0, 0.05) is 17.5 Å². The van der Waals surface area contributed by atoms with Crippen LogP contribution in [0.5, 0.6) is 0 Å². The summed E-state index contributed by atoms with van der Waals surface area (Å²) in [5, 5.41) is 10.0. The molecule has 0 unspecified atom stereocenters. The van der Waals surface area contributed by atoms with Crippen molar-refractivity contribution in [2.45, 2.75) is 10.8 Å². The lowest BCUT2D eigenvalue weighted by molar-refractivity contribution is 0.350. The van der Waals surface area contributed by atoms with Crippen molar-refractivity contribution in [2.24, 2.45) is 0 Å². The third-order valence-electron chi connectivity index (χ3n) is 2.46. The van der Waals surface area contributed by atoms with Crippen molar-refractivity contribution in [2.75, 3.05) is 6.61 Å². The number of nitrogens with zero attached hydrogens (tertiary/aromatic N) is 1. The van der Waals surface area contributed by atoms with Crippen molar-refractivity contribution in [1.29, 1.82) is 0 Å². The van der Waals surface area contributed by atoms with Gasteiger partial charge in [0.1, 0.15) is 17.5 Å². The number of hydrogen-bond acceptors (Lipinski definition) is 3. The molecule has 0 bridgehead atoms. The van der Waals surface area contributed by atoms with E-state index >= 15 is 0 Å². The largest absolute Gasteiger partial charge is 0.384 e. The predicted molar refractivity (Wildman–Crippen MR) is 79.2 cm³/mol. The number of hydrogen-bond donors (Lipinski definition) is 1. The lowest BCUT2D eigenvalue weighted by Crippen LogP contribution is -1.91.